The monoisotopic (exact) mass is 366 g/mol. The predicted molar refractivity (Wildman–Crippen MR) is 91.4 cm³/mol. The number of benzene rings is 1. The molecule has 1 saturated carbocycles. The average molecular weight is 366 g/mol. The van der Waals surface area contributed by atoms with Gasteiger partial charge in [-0.2, -0.15) is 15.4 Å². The lowest BCUT2D eigenvalue weighted by molar-refractivity contribution is -0.384. The number of hydrogen-bond acceptors (Lipinski definition) is 7. The second-order valence-electron chi connectivity index (χ2n) is 6.66. The Morgan fingerprint density at radius 1 is 1.30 bits per heavy atom. The Kier molecular flexibility index (Phi) is 3.96. The number of allylic oxidation sites excluding steroid dienone is 2. The van der Waals surface area contributed by atoms with Crippen LogP contribution in [0.1, 0.15) is 12.0 Å². The molecule has 9 nitrogen and oxygen atoms in total. The average Bonchev–Trinajstić information content (AvgIpc) is 3.33. The van der Waals surface area contributed by atoms with Crippen LogP contribution in [-0.2, 0) is 9.59 Å². The zero-order valence-electron chi connectivity index (χ0n) is 14.0. The van der Waals surface area contributed by atoms with Crippen molar-refractivity contribution in [1.82, 2.24) is 5.01 Å². The van der Waals surface area contributed by atoms with E-state index in [1.54, 1.807) is 0 Å². The second-order valence-corrected chi connectivity index (χ2v) is 6.66. The maximum Gasteiger partial charge on any atom is 0.270 e. The summed E-state index contributed by atoms with van der Waals surface area (Å²) in [5.74, 6) is -1.08. The molecule has 0 aromatic heterocycles. The van der Waals surface area contributed by atoms with Crippen LogP contribution in [0.2, 0.25) is 0 Å². The fraction of sp³-hybridized carbons (Fsp3) is 0.333. The summed E-state index contributed by atoms with van der Waals surface area (Å²) in [5, 5.41) is 24.5. The van der Waals surface area contributed by atoms with E-state index in [0.717, 1.165) is 11.4 Å². The molecule has 1 heterocycles. The highest BCUT2D eigenvalue weighted by atomic mass is 16.6. The Morgan fingerprint density at radius 2 is 1.96 bits per heavy atom. The molecule has 2 bridgehead atoms. The number of non-ortho nitro benzene ring substituents is 1. The molecular formula is C18H14N4O5. The summed E-state index contributed by atoms with van der Waals surface area (Å²) in [6.07, 6.45) is 5.98. The molecule has 0 radical (unpaired) electrons. The molecule has 1 aliphatic heterocycles. The number of carbonyl (C=O) groups is 2. The number of carbonyl (C=O) groups excluding carboxylic acids is 2. The van der Waals surface area contributed by atoms with E-state index in [0.29, 0.717) is 0 Å². The van der Waals surface area contributed by atoms with Crippen LogP contribution >= 0.6 is 0 Å². The molecule has 27 heavy (non-hydrogen) atoms. The maximum absolute atomic E-state index is 12.6. The third kappa shape index (κ3) is 2.66. The minimum absolute atomic E-state index is 0.0731. The highest BCUT2D eigenvalue weighted by molar-refractivity contribution is 6.07. The van der Waals surface area contributed by atoms with E-state index in [2.05, 4.69) is 5.10 Å². The van der Waals surface area contributed by atoms with Gasteiger partial charge in [0.25, 0.3) is 17.5 Å². The number of nitro groups is 1. The number of fused-ring (bicyclic) bond motifs is 5. The molecule has 2 amide bonds. The van der Waals surface area contributed by atoms with Crippen molar-refractivity contribution in [2.75, 3.05) is 6.61 Å². The number of rotatable bonds is 5. The SMILES string of the molecule is N#CCOc1ccc([N+](=O)[O-])cc1C=NN1C(=O)[C@@H]2[C@H](C1=O)[C@H]1C=C[C@H]2C1. The molecule has 2 aliphatic carbocycles. The third-order valence-electron chi connectivity index (χ3n) is 5.26. The summed E-state index contributed by atoms with van der Waals surface area (Å²) < 4.78 is 5.24. The van der Waals surface area contributed by atoms with Crippen LogP contribution in [0, 0.1) is 45.1 Å². The largest absolute Gasteiger partial charge is 0.478 e. The van der Waals surface area contributed by atoms with E-state index >= 15 is 0 Å². The predicted octanol–water partition coefficient (Wildman–Crippen LogP) is 1.64. The van der Waals surface area contributed by atoms with Gasteiger partial charge in [0.15, 0.2) is 6.61 Å². The number of hydrogen-bond donors (Lipinski definition) is 0. The summed E-state index contributed by atoms with van der Waals surface area (Å²) in [6, 6.07) is 5.62. The zero-order valence-corrected chi connectivity index (χ0v) is 14.0. The quantitative estimate of drug-likeness (QED) is 0.256. The van der Waals surface area contributed by atoms with Gasteiger partial charge in [-0.25, -0.2) is 0 Å². The first-order valence-electron chi connectivity index (χ1n) is 8.39. The normalized spacial score (nSPS) is 28.0. The van der Waals surface area contributed by atoms with Crippen LogP contribution in [-0.4, -0.2) is 34.6 Å². The standard InChI is InChI=1S/C18H14N4O5/c19-5-6-27-14-4-3-13(22(25)26)8-12(14)9-20-21-17(23)15-10-1-2-11(7-10)16(15)18(21)24/h1-4,8-11,15-16H,6-7H2/t10-,11-,15-,16+/m0/s1. The molecule has 9 heteroatoms. The van der Waals surface area contributed by atoms with Crippen LogP contribution in [0.3, 0.4) is 0 Å². The molecule has 1 saturated heterocycles. The van der Waals surface area contributed by atoms with Crippen molar-refractivity contribution < 1.29 is 19.2 Å². The second kappa shape index (κ2) is 6.32. The molecule has 0 spiro atoms. The van der Waals surface area contributed by atoms with Gasteiger partial charge in [-0.15, -0.1) is 0 Å². The molecule has 136 valence electrons. The molecule has 3 aliphatic rings. The number of ether oxygens (including phenoxy) is 1. The lowest BCUT2D eigenvalue weighted by Crippen LogP contribution is -2.28. The maximum atomic E-state index is 12.6. The third-order valence-corrected chi connectivity index (χ3v) is 5.26. The molecule has 2 fully saturated rings. The van der Waals surface area contributed by atoms with Crippen LogP contribution < -0.4 is 4.74 Å². The summed E-state index contributed by atoms with van der Waals surface area (Å²) in [5.41, 5.74) is 0.0113. The Morgan fingerprint density at radius 3 is 2.56 bits per heavy atom. The number of nitrogens with zero attached hydrogens (tertiary/aromatic N) is 4. The van der Waals surface area contributed by atoms with Gasteiger partial charge >= 0.3 is 0 Å². The molecule has 0 N–H and O–H groups in total. The molecular weight excluding hydrogens is 352 g/mol. The van der Waals surface area contributed by atoms with E-state index < -0.39 is 4.92 Å². The van der Waals surface area contributed by atoms with Crippen molar-refractivity contribution >= 4 is 23.7 Å². The minimum Gasteiger partial charge on any atom is -0.478 e. The number of imide groups is 1. The van der Waals surface area contributed by atoms with Crippen LogP contribution in [0.5, 0.6) is 5.75 Å². The van der Waals surface area contributed by atoms with Crippen molar-refractivity contribution in [2.45, 2.75) is 6.42 Å². The number of nitriles is 1. The molecule has 1 aromatic rings. The summed E-state index contributed by atoms with van der Waals surface area (Å²) in [7, 11) is 0. The van der Waals surface area contributed by atoms with Gasteiger partial charge in [0.1, 0.15) is 11.8 Å². The van der Waals surface area contributed by atoms with E-state index in [1.807, 2.05) is 18.2 Å². The Bertz CT molecular complexity index is 918. The highest BCUT2D eigenvalue weighted by Crippen LogP contribution is 2.52. The topological polar surface area (TPSA) is 126 Å². The fourth-order valence-electron chi connectivity index (χ4n) is 4.11. The van der Waals surface area contributed by atoms with Crippen LogP contribution in [0.25, 0.3) is 0 Å². The lowest BCUT2D eigenvalue weighted by Gasteiger charge is -2.13. The first-order chi connectivity index (χ1) is 13.0. The fourth-order valence-corrected chi connectivity index (χ4v) is 4.11. The van der Waals surface area contributed by atoms with Gasteiger partial charge in [-0.1, -0.05) is 12.2 Å². The van der Waals surface area contributed by atoms with E-state index in [-0.39, 0.29) is 59.1 Å². The van der Waals surface area contributed by atoms with Gasteiger partial charge in [-0.3, -0.25) is 19.7 Å². The smallest absolute Gasteiger partial charge is 0.270 e. The molecule has 4 rings (SSSR count). The van der Waals surface area contributed by atoms with E-state index in [9.17, 15) is 19.7 Å². The first-order valence-corrected chi connectivity index (χ1v) is 8.39. The first kappa shape index (κ1) is 16.9. The number of amides is 2. The lowest BCUT2D eigenvalue weighted by atomic mass is 9.85. The van der Waals surface area contributed by atoms with Crippen molar-refractivity contribution in [3.8, 4) is 11.8 Å². The summed E-state index contributed by atoms with van der Waals surface area (Å²) in [6.45, 7) is -0.251. The van der Waals surface area contributed by atoms with Crippen LogP contribution in [0.4, 0.5) is 5.69 Å². The van der Waals surface area contributed by atoms with E-state index in [4.69, 9.17) is 10.00 Å². The Balaban J connectivity index is 1.62. The van der Waals surface area contributed by atoms with Crippen LogP contribution in [0.15, 0.2) is 35.5 Å². The number of hydrazone groups is 1. The molecule has 1 aromatic carbocycles. The van der Waals surface area contributed by atoms with Crippen molar-refractivity contribution in [1.29, 1.82) is 5.26 Å². The van der Waals surface area contributed by atoms with E-state index in [1.165, 1.54) is 24.4 Å². The molecule has 0 unspecified atom stereocenters. The van der Waals surface area contributed by atoms with Crippen molar-refractivity contribution in [3.63, 3.8) is 0 Å². The summed E-state index contributed by atoms with van der Waals surface area (Å²) >= 11 is 0. The van der Waals surface area contributed by atoms with Gasteiger partial charge in [-0.05, 0) is 24.3 Å². The number of nitro benzene ring substituents is 1. The molecule has 4 atom stereocenters. The summed E-state index contributed by atoms with van der Waals surface area (Å²) in [4.78, 5) is 35.6. The van der Waals surface area contributed by atoms with Crippen molar-refractivity contribution in [3.05, 3.63) is 46.0 Å². The Labute approximate surface area is 153 Å². The highest BCUT2D eigenvalue weighted by Gasteiger charge is 2.59. The van der Waals surface area contributed by atoms with Crippen molar-refractivity contribution in [2.24, 2.45) is 28.8 Å². The van der Waals surface area contributed by atoms with Gasteiger partial charge in [0.2, 0.25) is 0 Å². The Hall–Kier alpha value is -3.54. The minimum atomic E-state index is -0.578. The zero-order chi connectivity index (χ0) is 19.1. The van der Waals surface area contributed by atoms with Gasteiger partial charge in [0.05, 0.1) is 23.0 Å². The van der Waals surface area contributed by atoms with Gasteiger partial charge in [0, 0.05) is 17.7 Å². The van der Waals surface area contributed by atoms with Gasteiger partial charge < -0.3 is 4.74 Å².